The van der Waals surface area contributed by atoms with Gasteiger partial charge in [-0.3, -0.25) is 9.36 Å². The summed E-state index contributed by atoms with van der Waals surface area (Å²) < 4.78 is 10.6. The van der Waals surface area contributed by atoms with E-state index in [1.165, 1.54) is 29.3 Å². The molecule has 0 N–H and O–H groups in total. The molecule has 20 heavy (non-hydrogen) atoms. The maximum atomic E-state index is 12.0. The van der Waals surface area contributed by atoms with Crippen molar-refractivity contribution >= 4 is 25.1 Å². The third-order valence-corrected chi connectivity index (χ3v) is 2.85. The maximum absolute atomic E-state index is 12.0. The molecule has 0 saturated carbocycles. The highest BCUT2D eigenvalue weighted by Crippen LogP contribution is 2.19. The molecule has 3 aromatic rings. The van der Waals surface area contributed by atoms with E-state index in [0.717, 1.165) is 0 Å². The zero-order valence-electron chi connectivity index (χ0n) is 10.1. The Kier molecular flexibility index (Phi) is 2.87. The van der Waals surface area contributed by atoms with Crippen LogP contribution in [0.4, 0.5) is 0 Å². The van der Waals surface area contributed by atoms with Crippen LogP contribution in [0, 0.1) is 0 Å². The van der Waals surface area contributed by atoms with Crippen molar-refractivity contribution in [1.82, 2.24) is 9.55 Å². The van der Waals surface area contributed by atoms with E-state index >= 15 is 0 Å². The summed E-state index contributed by atoms with van der Waals surface area (Å²) in [4.78, 5) is 27.5. The fourth-order valence-electron chi connectivity index (χ4n) is 1.93. The number of hydrogen-bond donors (Lipinski definition) is 0. The minimum Gasteiger partial charge on any atom is -0.540 e. The molecular weight excluding hydrogens is 259 g/mol. The molecule has 0 amide bonds. The van der Waals surface area contributed by atoms with Crippen molar-refractivity contribution in [3.63, 3.8) is 0 Å². The summed E-state index contributed by atoms with van der Waals surface area (Å²) in [5.41, 5.74) is 1.42. The largest absolute Gasteiger partial charge is 0.540 e. The second-order valence-corrected chi connectivity index (χ2v) is 4.01. The first-order chi connectivity index (χ1) is 9.70. The Morgan fingerprint density at radius 3 is 2.95 bits per heavy atom. The summed E-state index contributed by atoms with van der Waals surface area (Å²) in [6, 6.07) is 7.75. The number of hydrogen-bond acceptors (Lipinski definition) is 5. The molecule has 7 heteroatoms. The summed E-state index contributed by atoms with van der Waals surface area (Å²) in [5, 5.41) is 0. The normalized spacial score (nSPS) is 10.6. The molecule has 0 aliphatic rings. The standard InChI is InChI=1S/C13H7BN2O4/c14-20-13(18)8-4-5-11(17)16(6-8)9-2-1-3-10-12(9)15-7-19-10/h1-7H. The maximum Gasteiger partial charge on any atom is 0.378 e. The molecule has 0 bridgehead atoms. The van der Waals surface area contributed by atoms with E-state index in [1.54, 1.807) is 18.2 Å². The zero-order valence-corrected chi connectivity index (χ0v) is 10.1. The summed E-state index contributed by atoms with van der Waals surface area (Å²) >= 11 is 0. The first kappa shape index (κ1) is 12.2. The van der Waals surface area contributed by atoms with Gasteiger partial charge in [0.1, 0.15) is 5.52 Å². The van der Waals surface area contributed by atoms with Crippen LogP contribution in [0.5, 0.6) is 0 Å². The Balaban J connectivity index is 2.26. The number of benzene rings is 1. The van der Waals surface area contributed by atoms with E-state index in [4.69, 9.17) is 12.5 Å². The number of fused-ring (bicyclic) bond motifs is 1. The van der Waals surface area contributed by atoms with Crippen LogP contribution >= 0.6 is 0 Å². The highest BCUT2D eigenvalue weighted by molar-refractivity contribution is 6.09. The number of carbonyl (C=O) groups is 1. The number of aromatic nitrogens is 2. The minimum absolute atomic E-state index is 0.160. The van der Waals surface area contributed by atoms with Gasteiger partial charge in [-0.25, -0.2) is 9.78 Å². The number of para-hydroxylation sites is 1. The molecule has 0 unspecified atom stereocenters. The average Bonchev–Trinajstić information content (AvgIpc) is 2.95. The number of carbonyl (C=O) groups excluding carboxylic acids is 1. The lowest BCUT2D eigenvalue weighted by Crippen LogP contribution is -2.19. The van der Waals surface area contributed by atoms with Gasteiger partial charge < -0.3 is 9.07 Å². The summed E-state index contributed by atoms with van der Waals surface area (Å²) in [6.45, 7) is 0. The Hall–Kier alpha value is -2.83. The first-order valence-corrected chi connectivity index (χ1v) is 5.67. The van der Waals surface area contributed by atoms with E-state index in [9.17, 15) is 9.59 Å². The Morgan fingerprint density at radius 1 is 1.30 bits per heavy atom. The molecule has 0 aliphatic heterocycles. The molecule has 0 saturated heterocycles. The second kappa shape index (κ2) is 4.69. The highest BCUT2D eigenvalue weighted by atomic mass is 16.5. The van der Waals surface area contributed by atoms with Crippen LogP contribution in [0.15, 0.2) is 52.1 Å². The fraction of sp³-hybridized carbons (Fsp3) is 0. The monoisotopic (exact) mass is 266 g/mol. The Morgan fingerprint density at radius 2 is 2.15 bits per heavy atom. The third-order valence-electron chi connectivity index (χ3n) is 2.85. The predicted octanol–water partition coefficient (Wildman–Crippen LogP) is 1.22. The van der Waals surface area contributed by atoms with Crippen molar-refractivity contribution in [2.75, 3.05) is 0 Å². The van der Waals surface area contributed by atoms with Crippen molar-refractivity contribution in [2.45, 2.75) is 0 Å². The van der Waals surface area contributed by atoms with Gasteiger partial charge in [-0.2, -0.15) is 0 Å². The van der Waals surface area contributed by atoms with Crippen molar-refractivity contribution in [1.29, 1.82) is 0 Å². The molecule has 6 nitrogen and oxygen atoms in total. The van der Waals surface area contributed by atoms with Crippen molar-refractivity contribution in [2.24, 2.45) is 0 Å². The van der Waals surface area contributed by atoms with Crippen LogP contribution in [-0.2, 0) is 4.65 Å². The van der Waals surface area contributed by atoms with Crippen molar-refractivity contribution < 1.29 is 13.9 Å². The number of rotatable bonds is 2. The second-order valence-electron chi connectivity index (χ2n) is 4.01. The SMILES string of the molecule is [B]OC(=O)c1ccc(=O)n(-c2cccc3ocnc23)c1. The molecule has 1 aromatic carbocycles. The molecule has 0 aliphatic carbocycles. The molecule has 2 radical (unpaired) electrons. The first-order valence-electron chi connectivity index (χ1n) is 5.67. The summed E-state index contributed by atoms with van der Waals surface area (Å²) in [7, 11) is 4.84. The van der Waals surface area contributed by atoms with Gasteiger partial charge in [0.2, 0.25) is 0 Å². The van der Waals surface area contributed by atoms with Gasteiger partial charge in [0.05, 0.1) is 11.3 Å². The van der Waals surface area contributed by atoms with E-state index in [1.807, 2.05) is 0 Å². The molecule has 0 spiro atoms. The lowest BCUT2D eigenvalue weighted by atomic mass is 10.2. The van der Waals surface area contributed by atoms with Crippen LogP contribution in [0.25, 0.3) is 16.8 Å². The van der Waals surface area contributed by atoms with Crippen molar-refractivity contribution in [3.8, 4) is 5.69 Å². The minimum atomic E-state index is -0.730. The van der Waals surface area contributed by atoms with E-state index in [0.29, 0.717) is 16.8 Å². The van der Waals surface area contributed by atoms with Crippen molar-refractivity contribution in [3.05, 3.63) is 58.8 Å². The molecule has 96 valence electrons. The number of nitrogens with zero attached hydrogens (tertiary/aromatic N) is 2. The van der Waals surface area contributed by atoms with Gasteiger partial charge in [-0.15, -0.1) is 0 Å². The third kappa shape index (κ3) is 1.89. The van der Waals surface area contributed by atoms with Crippen LogP contribution in [-0.4, -0.2) is 23.6 Å². The van der Waals surface area contributed by atoms with E-state index in [2.05, 4.69) is 9.64 Å². The Bertz CT molecular complexity index is 853. The average molecular weight is 266 g/mol. The van der Waals surface area contributed by atoms with Crippen LogP contribution in [0.1, 0.15) is 10.4 Å². The quantitative estimate of drug-likeness (QED) is 0.652. The lowest BCUT2D eigenvalue weighted by molar-refractivity contribution is 0.0749. The number of pyridine rings is 1. The van der Waals surface area contributed by atoms with Gasteiger partial charge >= 0.3 is 14.0 Å². The molecule has 3 rings (SSSR count). The summed E-state index contributed by atoms with van der Waals surface area (Å²) in [6.07, 6.45) is 2.64. The van der Waals surface area contributed by atoms with Gasteiger partial charge in [-0.1, -0.05) is 6.07 Å². The number of oxazole rings is 1. The van der Waals surface area contributed by atoms with Crippen LogP contribution < -0.4 is 5.56 Å². The molecule has 0 atom stereocenters. The lowest BCUT2D eigenvalue weighted by Gasteiger charge is -2.07. The molecular formula is C13H7BN2O4. The van der Waals surface area contributed by atoms with Crippen LogP contribution in [0.3, 0.4) is 0 Å². The zero-order chi connectivity index (χ0) is 14.1. The van der Waals surface area contributed by atoms with Gasteiger partial charge in [0, 0.05) is 12.3 Å². The topological polar surface area (TPSA) is 74.3 Å². The summed E-state index contributed by atoms with van der Waals surface area (Å²) in [5.74, 6) is -0.730. The Labute approximate surface area is 114 Å². The predicted molar refractivity (Wildman–Crippen MR) is 70.8 cm³/mol. The van der Waals surface area contributed by atoms with Crippen LogP contribution in [0.2, 0.25) is 0 Å². The van der Waals surface area contributed by atoms with Gasteiger partial charge in [-0.05, 0) is 18.2 Å². The van der Waals surface area contributed by atoms with E-state index in [-0.39, 0.29) is 11.1 Å². The highest BCUT2D eigenvalue weighted by Gasteiger charge is 2.11. The fourth-order valence-corrected chi connectivity index (χ4v) is 1.93. The molecule has 2 heterocycles. The molecule has 2 aromatic heterocycles. The van der Waals surface area contributed by atoms with Gasteiger partial charge in [0.15, 0.2) is 12.0 Å². The molecule has 0 fully saturated rings. The van der Waals surface area contributed by atoms with E-state index < -0.39 is 5.97 Å². The smallest absolute Gasteiger partial charge is 0.378 e. The van der Waals surface area contributed by atoms with Gasteiger partial charge in [0.25, 0.3) is 5.56 Å².